The van der Waals surface area contributed by atoms with Crippen molar-refractivity contribution in [2.24, 2.45) is 5.41 Å². The monoisotopic (exact) mass is 380 g/mol. The molecule has 2 saturated heterocycles. The van der Waals surface area contributed by atoms with Crippen molar-refractivity contribution in [1.82, 2.24) is 9.88 Å². The number of thioether (sulfide) groups is 1. The maximum atomic E-state index is 13.2. The first kappa shape index (κ1) is 17.5. The fourth-order valence-corrected chi connectivity index (χ4v) is 5.76. The van der Waals surface area contributed by atoms with Gasteiger partial charge in [-0.3, -0.25) is 4.79 Å². The van der Waals surface area contributed by atoms with E-state index in [0.717, 1.165) is 56.4 Å². The standard InChI is InChI=1S/C18H24N2O3S2/c1-24-17-19-14(11-25-17)16(21)20-7-2-6-18(12-23-10-5-15(18)20)13-3-8-22-9-4-13/h3,11,15H,2,4-10,12H2,1H3/t15-,18-/m0/s1. The number of likely N-dealkylation sites (tertiary alicyclic amines) is 1. The van der Waals surface area contributed by atoms with Gasteiger partial charge >= 0.3 is 0 Å². The average Bonchev–Trinajstić information content (AvgIpc) is 3.17. The van der Waals surface area contributed by atoms with E-state index >= 15 is 0 Å². The van der Waals surface area contributed by atoms with Crippen LogP contribution in [0.3, 0.4) is 0 Å². The van der Waals surface area contributed by atoms with Crippen LogP contribution in [0.25, 0.3) is 0 Å². The van der Waals surface area contributed by atoms with Gasteiger partial charge in [0, 0.05) is 30.0 Å². The molecule has 0 aromatic carbocycles. The van der Waals surface area contributed by atoms with Gasteiger partial charge in [-0.05, 0) is 31.9 Å². The van der Waals surface area contributed by atoms with E-state index in [0.29, 0.717) is 12.3 Å². The zero-order valence-corrected chi connectivity index (χ0v) is 16.2. The summed E-state index contributed by atoms with van der Waals surface area (Å²) in [5.74, 6) is 0.0835. The van der Waals surface area contributed by atoms with E-state index in [1.54, 1.807) is 23.1 Å². The number of thiazole rings is 1. The van der Waals surface area contributed by atoms with Crippen molar-refractivity contribution in [3.63, 3.8) is 0 Å². The molecule has 5 nitrogen and oxygen atoms in total. The van der Waals surface area contributed by atoms with Crippen molar-refractivity contribution in [3.05, 3.63) is 22.7 Å². The van der Waals surface area contributed by atoms with Gasteiger partial charge in [0.25, 0.3) is 5.91 Å². The molecule has 0 bridgehead atoms. The Balaban J connectivity index is 1.64. The number of nitrogens with zero attached hydrogens (tertiary/aromatic N) is 2. The fourth-order valence-electron chi connectivity index (χ4n) is 4.52. The normalized spacial score (nSPS) is 29.9. The molecular formula is C18H24N2O3S2. The minimum atomic E-state index is -0.0334. The molecule has 7 heteroatoms. The lowest BCUT2D eigenvalue weighted by Gasteiger charge is -2.54. The molecule has 2 atom stereocenters. The average molecular weight is 381 g/mol. The lowest BCUT2D eigenvalue weighted by molar-refractivity contribution is -0.0740. The van der Waals surface area contributed by atoms with Gasteiger partial charge in [-0.15, -0.1) is 11.3 Å². The highest BCUT2D eigenvalue weighted by atomic mass is 32.2. The first-order valence-corrected chi connectivity index (χ1v) is 11.0. The molecule has 4 heterocycles. The second-order valence-corrected chi connectivity index (χ2v) is 8.78. The first-order valence-electron chi connectivity index (χ1n) is 8.90. The van der Waals surface area contributed by atoms with Gasteiger partial charge in [-0.25, -0.2) is 4.98 Å². The molecule has 0 aliphatic carbocycles. The molecule has 1 amide bonds. The van der Waals surface area contributed by atoms with E-state index in [9.17, 15) is 4.79 Å². The van der Waals surface area contributed by atoms with E-state index in [1.165, 1.54) is 5.57 Å². The van der Waals surface area contributed by atoms with Crippen LogP contribution >= 0.6 is 23.1 Å². The van der Waals surface area contributed by atoms with E-state index < -0.39 is 0 Å². The Morgan fingerprint density at radius 3 is 3.12 bits per heavy atom. The molecule has 3 aliphatic rings. The smallest absolute Gasteiger partial charge is 0.273 e. The van der Waals surface area contributed by atoms with Crippen LogP contribution < -0.4 is 0 Å². The van der Waals surface area contributed by atoms with Crippen LogP contribution in [-0.4, -0.2) is 61.1 Å². The van der Waals surface area contributed by atoms with Crippen molar-refractivity contribution in [2.45, 2.75) is 36.1 Å². The minimum absolute atomic E-state index is 0.0334. The quantitative estimate of drug-likeness (QED) is 0.595. The zero-order chi connectivity index (χ0) is 17.3. The highest BCUT2D eigenvalue weighted by molar-refractivity contribution is 8.00. The predicted octanol–water partition coefficient (Wildman–Crippen LogP) is 3.22. The Labute approximate surface area is 156 Å². The molecule has 1 aromatic rings. The van der Waals surface area contributed by atoms with Crippen LogP contribution in [0.2, 0.25) is 0 Å². The summed E-state index contributed by atoms with van der Waals surface area (Å²) in [6.45, 7) is 3.73. The number of piperidine rings is 1. The number of carbonyl (C=O) groups is 1. The summed E-state index contributed by atoms with van der Waals surface area (Å²) >= 11 is 3.14. The van der Waals surface area contributed by atoms with Crippen LogP contribution in [0, 0.1) is 5.41 Å². The van der Waals surface area contributed by atoms with Crippen LogP contribution in [0.1, 0.15) is 36.2 Å². The molecule has 4 rings (SSSR count). The second-order valence-electron chi connectivity index (χ2n) is 6.87. The van der Waals surface area contributed by atoms with Gasteiger partial charge < -0.3 is 14.4 Å². The Bertz CT molecular complexity index is 671. The summed E-state index contributed by atoms with van der Waals surface area (Å²) in [6.07, 6.45) is 8.20. The number of hydrogen-bond acceptors (Lipinski definition) is 6. The Kier molecular flexibility index (Phi) is 5.18. The summed E-state index contributed by atoms with van der Waals surface area (Å²) in [5, 5.41) is 1.90. The van der Waals surface area contributed by atoms with Crippen molar-refractivity contribution in [2.75, 3.05) is 39.2 Å². The molecule has 136 valence electrons. The molecule has 3 aliphatic heterocycles. The summed E-state index contributed by atoms with van der Waals surface area (Å²) in [6, 6.07) is 0.214. The highest BCUT2D eigenvalue weighted by Crippen LogP contribution is 2.48. The van der Waals surface area contributed by atoms with E-state index in [1.807, 2.05) is 11.6 Å². The third kappa shape index (κ3) is 3.16. The summed E-state index contributed by atoms with van der Waals surface area (Å²) in [4.78, 5) is 19.8. The van der Waals surface area contributed by atoms with Crippen LogP contribution in [0.15, 0.2) is 21.4 Å². The molecule has 1 aromatic heterocycles. The summed E-state index contributed by atoms with van der Waals surface area (Å²) in [5.41, 5.74) is 2.00. The minimum Gasteiger partial charge on any atom is -0.380 e. The molecule has 2 fully saturated rings. The Morgan fingerprint density at radius 2 is 2.36 bits per heavy atom. The topological polar surface area (TPSA) is 51.7 Å². The number of aromatic nitrogens is 1. The molecule has 25 heavy (non-hydrogen) atoms. The number of fused-ring (bicyclic) bond motifs is 1. The molecule has 0 radical (unpaired) electrons. The Morgan fingerprint density at radius 1 is 1.44 bits per heavy atom. The summed E-state index contributed by atoms with van der Waals surface area (Å²) in [7, 11) is 0. The SMILES string of the molecule is CSc1nc(C(=O)N2CCC[C@@]3(C4=CCOCC4)COCC[C@H]23)cs1. The van der Waals surface area contributed by atoms with E-state index in [4.69, 9.17) is 9.47 Å². The van der Waals surface area contributed by atoms with Crippen molar-refractivity contribution < 1.29 is 14.3 Å². The number of ether oxygens (including phenoxy) is 2. The van der Waals surface area contributed by atoms with E-state index in [-0.39, 0.29) is 17.4 Å². The van der Waals surface area contributed by atoms with Gasteiger partial charge in [0.1, 0.15) is 10.0 Å². The number of rotatable bonds is 3. The molecular weight excluding hydrogens is 356 g/mol. The molecule has 0 spiro atoms. The maximum absolute atomic E-state index is 13.2. The van der Waals surface area contributed by atoms with Crippen LogP contribution in [0.5, 0.6) is 0 Å². The van der Waals surface area contributed by atoms with Gasteiger partial charge in [-0.2, -0.15) is 0 Å². The lowest BCUT2D eigenvalue weighted by Crippen LogP contribution is -2.59. The van der Waals surface area contributed by atoms with Crippen LogP contribution in [-0.2, 0) is 9.47 Å². The van der Waals surface area contributed by atoms with Crippen molar-refractivity contribution >= 4 is 29.0 Å². The largest absolute Gasteiger partial charge is 0.380 e. The van der Waals surface area contributed by atoms with Crippen molar-refractivity contribution in [3.8, 4) is 0 Å². The zero-order valence-electron chi connectivity index (χ0n) is 14.5. The van der Waals surface area contributed by atoms with Gasteiger partial charge in [0.05, 0.1) is 19.8 Å². The molecule has 0 unspecified atom stereocenters. The first-order chi connectivity index (χ1) is 12.2. The molecule has 0 saturated carbocycles. The highest BCUT2D eigenvalue weighted by Gasteiger charge is 2.50. The fraction of sp³-hybridized carbons (Fsp3) is 0.667. The Hall–Kier alpha value is -0.890. The summed E-state index contributed by atoms with van der Waals surface area (Å²) < 4.78 is 12.4. The van der Waals surface area contributed by atoms with Gasteiger partial charge in [0.15, 0.2) is 0 Å². The maximum Gasteiger partial charge on any atom is 0.273 e. The number of carbonyl (C=O) groups excluding carboxylic acids is 1. The van der Waals surface area contributed by atoms with E-state index in [2.05, 4.69) is 16.0 Å². The van der Waals surface area contributed by atoms with Crippen molar-refractivity contribution in [1.29, 1.82) is 0 Å². The predicted molar refractivity (Wildman–Crippen MR) is 99.3 cm³/mol. The van der Waals surface area contributed by atoms with Crippen LogP contribution in [0.4, 0.5) is 0 Å². The number of amides is 1. The van der Waals surface area contributed by atoms with Gasteiger partial charge in [0.2, 0.25) is 0 Å². The lowest BCUT2D eigenvalue weighted by atomic mass is 9.65. The third-order valence-electron chi connectivity index (χ3n) is 5.67. The molecule has 0 N–H and O–H groups in total. The second kappa shape index (κ2) is 7.39. The third-order valence-corrected chi connectivity index (χ3v) is 7.54. The number of hydrogen-bond donors (Lipinski definition) is 0. The van der Waals surface area contributed by atoms with Gasteiger partial charge in [-0.1, -0.05) is 23.4 Å².